The molecule has 0 aliphatic carbocycles. The van der Waals surface area contributed by atoms with Gasteiger partial charge in [0, 0.05) is 16.6 Å². The summed E-state index contributed by atoms with van der Waals surface area (Å²) in [5.41, 5.74) is 0.639. The molecule has 106 valence electrons. The van der Waals surface area contributed by atoms with Gasteiger partial charge in [-0.05, 0) is 24.6 Å². The zero-order chi connectivity index (χ0) is 14.5. The molecule has 0 aliphatic heterocycles. The fourth-order valence-corrected chi connectivity index (χ4v) is 2.50. The third kappa shape index (κ3) is 3.85. The smallest absolute Gasteiger partial charge is 0.248 e. The lowest BCUT2D eigenvalue weighted by Crippen LogP contribution is -2.34. The Bertz CT molecular complexity index is 589. The molecule has 2 N–H and O–H groups in total. The first-order chi connectivity index (χ1) is 9.60. The van der Waals surface area contributed by atoms with Crippen LogP contribution in [0.4, 0.5) is 10.8 Å². The molecule has 0 bridgehead atoms. The molecule has 0 radical (unpaired) electrons. The van der Waals surface area contributed by atoms with Crippen LogP contribution in [0.15, 0.2) is 29.8 Å². The van der Waals surface area contributed by atoms with Gasteiger partial charge < -0.3 is 10.6 Å². The molecule has 0 saturated carbocycles. The molecule has 0 fully saturated rings. The van der Waals surface area contributed by atoms with Crippen molar-refractivity contribution in [1.29, 1.82) is 0 Å². The summed E-state index contributed by atoms with van der Waals surface area (Å²) in [5, 5.41) is 9.32. The second-order valence-corrected chi connectivity index (χ2v) is 5.79. The van der Waals surface area contributed by atoms with E-state index in [-0.39, 0.29) is 5.91 Å². The minimum Gasteiger partial charge on any atom is -0.372 e. The minimum absolute atomic E-state index is 0.154. The van der Waals surface area contributed by atoms with Crippen molar-refractivity contribution < 1.29 is 4.79 Å². The number of hydrogen-bond donors (Lipinski definition) is 2. The summed E-state index contributed by atoms with van der Waals surface area (Å²) in [6.07, 6.45) is 2.25. The molecule has 1 aromatic heterocycles. The van der Waals surface area contributed by atoms with Crippen LogP contribution < -0.4 is 10.6 Å². The molecule has 0 spiro atoms. The van der Waals surface area contributed by atoms with Crippen molar-refractivity contribution in [3.8, 4) is 0 Å². The number of rotatable bonds is 5. The summed E-state index contributed by atoms with van der Waals surface area (Å²) in [6, 6.07) is 4.68. The molecule has 20 heavy (non-hydrogen) atoms. The van der Waals surface area contributed by atoms with Gasteiger partial charge in [0.2, 0.25) is 5.91 Å². The molecule has 1 atom stereocenters. The SMILES string of the molecule is CC[C@H](Nc1cc(Cl)ccc1Cl)C(=O)Nc1nccs1. The molecule has 1 aromatic carbocycles. The summed E-state index contributed by atoms with van der Waals surface area (Å²) in [4.78, 5) is 16.2. The molecular weight excluding hydrogens is 317 g/mol. The number of hydrogen-bond acceptors (Lipinski definition) is 4. The zero-order valence-corrected chi connectivity index (χ0v) is 13.0. The Hall–Kier alpha value is -1.30. The van der Waals surface area contributed by atoms with Gasteiger partial charge in [-0.3, -0.25) is 4.79 Å². The summed E-state index contributed by atoms with van der Waals surface area (Å²) in [6.45, 7) is 1.91. The number of halogens is 2. The Morgan fingerprint density at radius 2 is 2.25 bits per heavy atom. The maximum atomic E-state index is 12.2. The maximum absolute atomic E-state index is 12.2. The summed E-state index contributed by atoms with van der Waals surface area (Å²) in [7, 11) is 0. The van der Waals surface area contributed by atoms with Crippen molar-refractivity contribution in [3.63, 3.8) is 0 Å². The van der Waals surface area contributed by atoms with Crippen LogP contribution in [0.25, 0.3) is 0 Å². The normalized spacial score (nSPS) is 11.9. The van der Waals surface area contributed by atoms with Gasteiger partial charge in [-0.25, -0.2) is 4.98 Å². The van der Waals surface area contributed by atoms with E-state index in [1.54, 1.807) is 29.8 Å². The van der Waals surface area contributed by atoms with Crippen molar-refractivity contribution >= 4 is 51.3 Å². The van der Waals surface area contributed by atoms with E-state index in [0.717, 1.165) is 0 Å². The summed E-state index contributed by atoms with van der Waals surface area (Å²) < 4.78 is 0. The van der Waals surface area contributed by atoms with Gasteiger partial charge in [0.05, 0.1) is 10.7 Å². The number of carbonyl (C=O) groups is 1. The van der Waals surface area contributed by atoms with E-state index in [1.165, 1.54) is 11.3 Å². The van der Waals surface area contributed by atoms with Crippen LogP contribution in [0.5, 0.6) is 0 Å². The van der Waals surface area contributed by atoms with Gasteiger partial charge in [0.25, 0.3) is 0 Å². The molecule has 1 amide bonds. The number of thiazole rings is 1. The van der Waals surface area contributed by atoms with Crippen LogP contribution in [-0.4, -0.2) is 16.9 Å². The first-order valence-electron chi connectivity index (χ1n) is 6.02. The topological polar surface area (TPSA) is 54.0 Å². The van der Waals surface area contributed by atoms with E-state index in [9.17, 15) is 4.79 Å². The van der Waals surface area contributed by atoms with Gasteiger partial charge in [0.1, 0.15) is 6.04 Å². The van der Waals surface area contributed by atoms with Crippen molar-refractivity contribution in [2.45, 2.75) is 19.4 Å². The summed E-state index contributed by atoms with van der Waals surface area (Å²) >= 11 is 13.4. The highest BCUT2D eigenvalue weighted by Gasteiger charge is 2.18. The number of carbonyl (C=O) groups excluding carboxylic acids is 1. The van der Waals surface area contributed by atoms with Crippen molar-refractivity contribution in [3.05, 3.63) is 39.8 Å². The van der Waals surface area contributed by atoms with E-state index >= 15 is 0 Å². The van der Waals surface area contributed by atoms with Gasteiger partial charge in [-0.2, -0.15) is 0 Å². The van der Waals surface area contributed by atoms with E-state index in [1.807, 2.05) is 6.92 Å². The first kappa shape index (κ1) is 15.1. The van der Waals surface area contributed by atoms with Crippen LogP contribution in [0.2, 0.25) is 10.0 Å². The molecule has 2 rings (SSSR count). The quantitative estimate of drug-likeness (QED) is 0.860. The first-order valence-corrected chi connectivity index (χ1v) is 7.65. The minimum atomic E-state index is -0.408. The van der Waals surface area contributed by atoms with Crippen LogP contribution in [0.3, 0.4) is 0 Å². The maximum Gasteiger partial charge on any atom is 0.248 e. The van der Waals surface area contributed by atoms with E-state index in [2.05, 4.69) is 15.6 Å². The number of benzene rings is 1. The Kier molecular flexibility index (Phi) is 5.23. The fraction of sp³-hybridized carbons (Fsp3) is 0.231. The Morgan fingerprint density at radius 1 is 1.45 bits per heavy atom. The molecule has 0 aliphatic rings. The fourth-order valence-electron chi connectivity index (χ4n) is 1.63. The van der Waals surface area contributed by atoms with Gasteiger partial charge >= 0.3 is 0 Å². The summed E-state index contributed by atoms with van der Waals surface area (Å²) in [5.74, 6) is -0.154. The second kappa shape index (κ2) is 6.92. The molecule has 0 saturated heterocycles. The number of nitrogens with zero attached hydrogens (tertiary/aromatic N) is 1. The number of amides is 1. The largest absolute Gasteiger partial charge is 0.372 e. The molecular formula is C13H13Cl2N3OS. The molecule has 7 heteroatoms. The Labute approximate surface area is 131 Å². The average molecular weight is 330 g/mol. The third-order valence-corrected chi connectivity index (χ3v) is 3.90. The highest BCUT2D eigenvalue weighted by molar-refractivity contribution is 7.13. The van der Waals surface area contributed by atoms with Gasteiger partial charge in [0.15, 0.2) is 5.13 Å². The van der Waals surface area contributed by atoms with Crippen LogP contribution in [0, 0.1) is 0 Å². The Morgan fingerprint density at radius 3 is 2.90 bits per heavy atom. The monoisotopic (exact) mass is 329 g/mol. The number of anilines is 2. The highest BCUT2D eigenvalue weighted by atomic mass is 35.5. The lowest BCUT2D eigenvalue weighted by Gasteiger charge is -2.18. The third-order valence-electron chi connectivity index (χ3n) is 2.65. The van der Waals surface area contributed by atoms with Gasteiger partial charge in [-0.15, -0.1) is 11.3 Å². The van der Waals surface area contributed by atoms with Crippen LogP contribution in [0.1, 0.15) is 13.3 Å². The number of nitrogens with one attached hydrogen (secondary N) is 2. The average Bonchev–Trinajstić information content (AvgIpc) is 2.92. The zero-order valence-electron chi connectivity index (χ0n) is 10.7. The van der Waals surface area contributed by atoms with Crippen LogP contribution in [-0.2, 0) is 4.79 Å². The van der Waals surface area contributed by atoms with Crippen LogP contribution >= 0.6 is 34.5 Å². The lowest BCUT2D eigenvalue weighted by molar-refractivity contribution is -0.116. The van der Waals surface area contributed by atoms with Crippen molar-refractivity contribution in [2.75, 3.05) is 10.6 Å². The van der Waals surface area contributed by atoms with E-state index in [4.69, 9.17) is 23.2 Å². The predicted molar refractivity (Wildman–Crippen MR) is 84.9 cm³/mol. The number of aromatic nitrogens is 1. The molecule has 2 aromatic rings. The molecule has 4 nitrogen and oxygen atoms in total. The van der Waals surface area contributed by atoms with E-state index in [0.29, 0.717) is 27.3 Å². The standard InChI is InChI=1S/C13H13Cl2N3OS/c1-2-10(12(19)18-13-16-5-6-20-13)17-11-7-8(14)3-4-9(11)15/h3-7,10,17H,2H2,1H3,(H,16,18,19)/t10-/m0/s1. The molecule has 1 heterocycles. The van der Waals surface area contributed by atoms with Crippen molar-refractivity contribution in [1.82, 2.24) is 4.98 Å². The Balaban J connectivity index is 2.08. The molecule has 0 unspecified atom stereocenters. The second-order valence-electron chi connectivity index (χ2n) is 4.06. The lowest BCUT2D eigenvalue weighted by atomic mass is 10.2. The van der Waals surface area contributed by atoms with Crippen molar-refractivity contribution in [2.24, 2.45) is 0 Å². The predicted octanol–water partition coefficient (Wildman–Crippen LogP) is 4.28. The van der Waals surface area contributed by atoms with E-state index < -0.39 is 6.04 Å². The highest BCUT2D eigenvalue weighted by Crippen LogP contribution is 2.26. The van der Waals surface area contributed by atoms with Gasteiger partial charge in [-0.1, -0.05) is 30.1 Å².